The molecular formula is C10H12N4O3S. The summed E-state index contributed by atoms with van der Waals surface area (Å²) in [5.41, 5.74) is 0. The fourth-order valence-corrected chi connectivity index (χ4v) is 1.73. The van der Waals surface area contributed by atoms with Crippen LogP contribution >= 0.6 is 11.3 Å². The lowest BCUT2D eigenvalue weighted by molar-refractivity contribution is -0.139. The molecule has 0 bridgehead atoms. The smallest absolute Gasteiger partial charge is 0.327 e. The Morgan fingerprint density at radius 1 is 1.56 bits per heavy atom. The van der Waals surface area contributed by atoms with Crippen molar-refractivity contribution in [3.8, 4) is 12.3 Å². The van der Waals surface area contributed by atoms with Gasteiger partial charge in [0.2, 0.25) is 5.13 Å². The van der Waals surface area contributed by atoms with Crippen LogP contribution in [0, 0.1) is 12.3 Å². The average molecular weight is 268 g/mol. The number of anilines is 1. The fourth-order valence-electron chi connectivity index (χ4n) is 1.06. The molecule has 0 aliphatic rings. The Morgan fingerprint density at radius 2 is 2.28 bits per heavy atom. The molecule has 0 aliphatic heterocycles. The van der Waals surface area contributed by atoms with Crippen molar-refractivity contribution in [3.05, 3.63) is 5.01 Å². The fraction of sp³-hybridized carbons (Fsp3) is 0.400. The number of urea groups is 1. The van der Waals surface area contributed by atoms with E-state index in [1.165, 1.54) is 11.3 Å². The molecule has 96 valence electrons. The molecule has 7 nitrogen and oxygen atoms in total. The molecule has 0 fully saturated rings. The number of aryl methyl sites for hydroxylation is 1. The normalized spacial score (nSPS) is 11.3. The van der Waals surface area contributed by atoms with E-state index in [1.807, 2.05) is 6.92 Å². The Kier molecular flexibility index (Phi) is 5.07. The third kappa shape index (κ3) is 4.03. The number of carboxylic acid groups (broad SMARTS) is 1. The van der Waals surface area contributed by atoms with Gasteiger partial charge in [-0.25, -0.2) is 9.59 Å². The molecule has 0 spiro atoms. The van der Waals surface area contributed by atoms with Gasteiger partial charge < -0.3 is 10.4 Å². The Labute approximate surface area is 108 Å². The zero-order valence-electron chi connectivity index (χ0n) is 9.64. The van der Waals surface area contributed by atoms with E-state index in [2.05, 4.69) is 26.8 Å². The first-order valence-corrected chi connectivity index (χ1v) is 5.94. The number of nitrogens with zero attached hydrogens (tertiary/aromatic N) is 2. The lowest BCUT2D eigenvalue weighted by Crippen LogP contribution is -2.42. The van der Waals surface area contributed by atoms with Crippen LogP contribution in [0.15, 0.2) is 0 Å². The molecule has 1 heterocycles. The quantitative estimate of drug-likeness (QED) is 0.682. The summed E-state index contributed by atoms with van der Waals surface area (Å²) in [5.74, 6) is 0.997. The highest BCUT2D eigenvalue weighted by Gasteiger charge is 2.19. The summed E-state index contributed by atoms with van der Waals surface area (Å²) >= 11 is 1.23. The van der Waals surface area contributed by atoms with Crippen LogP contribution in [-0.2, 0) is 11.2 Å². The molecule has 0 saturated carbocycles. The van der Waals surface area contributed by atoms with Gasteiger partial charge in [0.1, 0.15) is 11.0 Å². The summed E-state index contributed by atoms with van der Waals surface area (Å²) in [6.07, 6.45) is 5.65. The maximum Gasteiger partial charge on any atom is 0.327 e. The van der Waals surface area contributed by atoms with Crippen LogP contribution in [0.3, 0.4) is 0 Å². The Hall–Kier alpha value is -2.14. The summed E-state index contributed by atoms with van der Waals surface area (Å²) in [4.78, 5) is 22.2. The number of carboxylic acids is 1. The first kappa shape index (κ1) is 13.9. The topological polar surface area (TPSA) is 104 Å². The lowest BCUT2D eigenvalue weighted by atomic mass is 10.2. The zero-order chi connectivity index (χ0) is 13.5. The molecule has 2 amide bonds. The summed E-state index contributed by atoms with van der Waals surface area (Å²) in [6, 6.07) is -1.79. The number of carbonyl (C=O) groups excluding carboxylic acids is 1. The summed E-state index contributed by atoms with van der Waals surface area (Å²) in [5, 5.41) is 22.1. The zero-order valence-corrected chi connectivity index (χ0v) is 10.5. The number of nitrogens with one attached hydrogen (secondary N) is 2. The highest BCUT2D eigenvalue weighted by atomic mass is 32.1. The molecule has 0 aliphatic carbocycles. The number of hydrogen-bond acceptors (Lipinski definition) is 5. The van der Waals surface area contributed by atoms with E-state index in [0.29, 0.717) is 5.13 Å². The van der Waals surface area contributed by atoms with Crippen LogP contribution in [0.1, 0.15) is 18.4 Å². The van der Waals surface area contributed by atoms with Gasteiger partial charge in [0, 0.05) is 6.42 Å². The molecule has 0 aromatic carbocycles. The first-order valence-electron chi connectivity index (χ1n) is 5.13. The monoisotopic (exact) mass is 268 g/mol. The van der Waals surface area contributed by atoms with Crippen LogP contribution in [0.4, 0.5) is 9.93 Å². The van der Waals surface area contributed by atoms with E-state index >= 15 is 0 Å². The first-order chi connectivity index (χ1) is 8.56. The molecule has 0 saturated heterocycles. The average Bonchev–Trinajstić information content (AvgIpc) is 2.76. The molecular weight excluding hydrogens is 256 g/mol. The number of amides is 2. The lowest BCUT2D eigenvalue weighted by Gasteiger charge is -2.11. The highest BCUT2D eigenvalue weighted by molar-refractivity contribution is 7.15. The number of hydrogen-bond donors (Lipinski definition) is 3. The van der Waals surface area contributed by atoms with Crippen LogP contribution in [-0.4, -0.2) is 33.3 Å². The van der Waals surface area contributed by atoms with E-state index in [1.54, 1.807) is 0 Å². The largest absolute Gasteiger partial charge is 0.480 e. The van der Waals surface area contributed by atoms with Crippen LogP contribution in [0.25, 0.3) is 0 Å². The van der Waals surface area contributed by atoms with Crippen LogP contribution in [0.5, 0.6) is 0 Å². The number of terminal acetylenes is 1. The van der Waals surface area contributed by atoms with E-state index in [-0.39, 0.29) is 6.42 Å². The molecule has 0 radical (unpaired) electrons. The number of aromatic nitrogens is 2. The van der Waals surface area contributed by atoms with E-state index in [9.17, 15) is 9.59 Å². The minimum absolute atomic E-state index is 0.0842. The van der Waals surface area contributed by atoms with E-state index in [0.717, 1.165) is 11.4 Å². The molecule has 1 rings (SSSR count). The second-order valence-electron chi connectivity index (χ2n) is 3.25. The van der Waals surface area contributed by atoms with Crippen molar-refractivity contribution < 1.29 is 14.7 Å². The van der Waals surface area contributed by atoms with E-state index < -0.39 is 18.0 Å². The number of aliphatic carboxylic acids is 1. The van der Waals surface area contributed by atoms with Gasteiger partial charge in [0.05, 0.1) is 0 Å². The van der Waals surface area contributed by atoms with Crippen molar-refractivity contribution in [1.29, 1.82) is 0 Å². The Morgan fingerprint density at radius 3 is 2.78 bits per heavy atom. The molecule has 18 heavy (non-hydrogen) atoms. The SMILES string of the molecule is C#CCC(NC(=O)Nc1nnc(CC)s1)C(=O)O. The predicted octanol–water partition coefficient (Wildman–Crippen LogP) is 0.698. The van der Waals surface area contributed by atoms with Crippen molar-refractivity contribution >= 4 is 28.5 Å². The highest BCUT2D eigenvalue weighted by Crippen LogP contribution is 2.14. The third-order valence-corrected chi connectivity index (χ3v) is 2.90. The van der Waals surface area contributed by atoms with Gasteiger partial charge in [0.25, 0.3) is 0 Å². The van der Waals surface area contributed by atoms with Crippen molar-refractivity contribution in [2.45, 2.75) is 25.8 Å². The van der Waals surface area contributed by atoms with Crippen molar-refractivity contribution in [2.75, 3.05) is 5.32 Å². The summed E-state index contributed by atoms with van der Waals surface area (Å²) < 4.78 is 0. The van der Waals surface area contributed by atoms with E-state index in [4.69, 9.17) is 11.5 Å². The van der Waals surface area contributed by atoms with Gasteiger partial charge in [0.15, 0.2) is 0 Å². The van der Waals surface area contributed by atoms with Gasteiger partial charge >= 0.3 is 12.0 Å². The maximum absolute atomic E-state index is 11.5. The van der Waals surface area contributed by atoms with Gasteiger partial charge in [-0.05, 0) is 6.42 Å². The standard InChI is InChI=1S/C10H12N4O3S/c1-3-5-6(8(15)16)11-9(17)12-10-14-13-7(4-2)18-10/h1,6H,4-5H2,2H3,(H,15,16)(H2,11,12,14,17). The van der Waals surface area contributed by atoms with Gasteiger partial charge in [-0.3, -0.25) is 5.32 Å². The second kappa shape index (κ2) is 6.56. The molecule has 3 N–H and O–H groups in total. The van der Waals surface area contributed by atoms with Crippen LogP contribution < -0.4 is 10.6 Å². The minimum atomic E-state index is -1.19. The molecule has 1 atom stereocenters. The number of carbonyl (C=O) groups is 2. The molecule has 8 heteroatoms. The van der Waals surface area contributed by atoms with Gasteiger partial charge in [-0.15, -0.1) is 22.5 Å². The van der Waals surface area contributed by atoms with Crippen molar-refractivity contribution in [1.82, 2.24) is 15.5 Å². The molecule has 1 aromatic heterocycles. The van der Waals surface area contributed by atoms with Gasteiger partial charge in [-0.2, -0.15) is 0 Å². The van der Waals surface area contributed by atoms with Crippen LogP contribution in [0.2, 0.25) is 0 Å². The summed E-state index contributed by atoms with van der Waals surface area (Å²) in [6.45, 7) is 1.91. The summed E-state index contributed by atoms with van der Waals surface area (Å²) in [7, 11) is 0. The van der Waals surface area contributed by atoms with Crippen molar-refractivity contribution in [3.63, 3.8) is 0 Å². The third-order valence-electron chi connectivity index (χ3n) is 1.92. The Bertz CT molecular complexity index is 480. The van der Waals surface area contributed by atoms with Gasteiger partial charge in [-0.1, -0.05) is 18.3 Å². The minimum Gasteiger partial charge on any atom is -0.480 e. The molecule has 1 unspecified atom stereocenters. The number of rotatable bonds is 5. The maximum atomic E-state index is 11.5. The molecule has 1 aromatic rings. The predicted molar refractivity (Wildman–Crippen MR) is 66.3 cm³/mol. The Balaban J connectivity index is 2.55. The second-order valence-corrected chi connectivity index (χ2v) is 4.31. The van der Waals surface area contributed by atoms with Crippen molar-refractivity contribution in [2.24, 2.45) is 0 Å².